The minimum atomic E-state index is -0.226. The van der Waals surface area contributed by atoms with Crippen LogP contribution in [0.1, 0.15) is 12.2 Å². The second kappa shape index (κ2) is 6.78. The van der Waals surface area contributed by atoms with Crippen LogP contribution in [0.15, 0.2) is 35.1 Å². The topological polar surface area (TPSA) is 87.0 Å². The van der Waals surface area contributed by atoms with Crippen molar-refractivity contribution >= 4 is 11.5 Å². The third-order valence-electron chi connectivity index (χ3n) is 3.99. The molecule has 4 N–H and O–H groups in total. The number of anilines is 2. The van der Waals surface area contributed by atoms with Gasteiger partial charge in [-0.25, -0.2) is 9.37 Å². The average Bonchev–Trinajstić information content (AvgIpc) is 2.96. The molecule has 3 rings (SSSR count). The third kappa shape index (κ3) is 4.07. The molecule has 0 radical (unpaired) electrons. The van der Waals surface area contributed by atoms with Crippen LogP contribution in [-0.4, -0.2) is 35.6 Å². The van der Waals surface area contributed by atoms with Crippen LogP contribution in [0, 0.1) is 5.82 Å². The van der Waals surface area contributed by atoms with Crippen molar-refractivity contribution in [2.24, 2.45) is 0 Å². The molecular formula is C16H20FN5O. The zero-order valence-electron chi connectivity index (χ0n) is 12.8. The maximum atomic E-state index is 13.0. The molecular weight excluding hydrogens is 297 g/mol. The highest BCUT2D eigenvalue weighted by Gasteiger charge is 2.22. The summed E-state index contributed by atoms with van der Waals surface area (Å²) in [6, 6.07) is 8.22. The maximum absolute atomic E-state index is 13.0. The van der Waals surface area contributed by atoms with Crippen molar-refractivity contribution in [2.75, 3.05) is 30.3 Å². The lowest BCUT2D eigenvalue weighted by molar-refractivity contribution is 0.549. The van der Waals surface area contributed by atoms with Gasteiger partial charge in [-0.05, 0) is 30.7 Å². The van der Waals surface area contributed by atoms with Crippen molar-refractivity contribution in [3.63, 3.8) is 0 Å². The van der Waals surface area contributed by atoms with E-state index in [2.05, 4.69) is 20.2 Å². The van der Waals surface area contributed by atoms with Crippen molar-refractivity contribution in [1.82, 2.24) is 15.3 Å². The van der Waals surface area contributed by atoms with Gasteiger partial charge in [0.2, 0.25) is 0 Å². The van der Waals surface area contributed by atoms with Crippen LogP contribution in [0.5, 0.6) is 0 Å². The van der Waals surface area contributed by atoms with Crippen molar-refractivity contribution in [2.45, 2.75) is 18.9 Å². The standard InChI is InChI=1S/C16H20FN5O/c17-11-1-3-13(4-2-11)22-8-6-12(10-22)19-7-5-15-20-14(18)9-16(23)21-15/h1-4,9,12,19H,5-8,10H2,(H3,18,20,21,23)/t12-/m1/s1. The van der Waals surface area contributed by atoms with E-state index in [1.807, 2.05) is 0 Å². The second-order valence-corrected chi connectivity index (χ2v) is 5.73. The molecule has 1 aliphatic heterocycles. The van der Waals surface area contributed by atoms with Crippen LogP contribution in [0.4, 0.5) is 15.9 Å². The van der Waals surface area contributed by atoms with E-state index in [-0.39, 0.29) is 17.2 Å². The lowest BCUT2D eigenvalue weighted by atomic mass is 10.2. The predicted molar refractivity (Wildman–Crippen MR) is 88.0 cm³/mol. The molecule has 23 heavy (non-hydrogen) atoms. The largest absolute Gasteiger partial charge is 0.383 e. The van der Waals surface area contributed by atoms with Gasteiger partial charge in [-0.1, -0.05) is 0 Å². The van der Waals surface area contributed by atoms with Crippen molar-refractivity contribution in [1.29, 1.82) is 0 Å². The minimum absolute atomic E-state index is 0.216. The van der Waals surface area contributed by atoms with Gasteiger partial charge in [0.05, 0.1) is 0 Å². The Bertz CT molecular complexity index is 715. The number of nitrogens with zero attached hydrogens (tertiary/aromatic N) is 2. The number of hydrogen-bond donors (Lipinski definition) is 3. The predicted octanol–water partition coefficient (Wildman–Crippen LogP) is 0.902. The molecule has 0 amide bonds. The summed E-state index contributed by atoms with van der Waals surface area (Å²) in [5.41, 5.74) is 6.37. The van der Waals surface area contributed by atoms with E-state index >= 15 is 0 Å². The zero-order valence-corrected chi connectivity index (χ0v) is 12.8. The summed E-state index contributed by atoms with van der Waals surface area (Å²) in [6.45, 7) is 2.54. The summed E-state index contributed by atoms with van der Waals surface area (Å²) < 4.78 is 13.0. The number of aromatic amines is 1. The number of nitrogens with two attached hydrogens (primary N) is 1. The number of H-pyrrole nitrogens is 1. The van der Waals surface area contributed by atoms with Gasteiger partial charge in [0.1, 0.15) is 17.5 Å². The Morgan fingerprint density at radius 1 is 1.39 bits per heavy atom. The fraction of sp³-hybridized carbons (Fsp3) is 0.375. The Hall–Kier alpha value is -2.41. The van der Waals surface area contributed by atoms with Gasteiger partial charge in [-0.2, -0.15) is 0 Å². The van der Waals surface area contributed by atoms with Gasteiger partial charge < -0.3 is 20.9 Å². The smallest absolute Gasteiger partial charge is 0.252 e. The Morgan fingerprint density at radius 3 is 2.91 bits per heavy atom. The van der Waals surface area contributed by atoms with Crippen molar-refractivity contribution < 1.29 is 4.39 Å². The molecule has 1 saturated heterocycles. The number of benzene rings is 1. The molecule has 1 aliphatic rings. The van der Waals surface area contributed by atoms with Crippen molar-refractivity contribution in [3.8, 4) is 0 Å². The molecule has 0 unspecified atom stereocenters. The first-order valence-corrected chi connectivity index (χ1v) is 7.70. The molecule has 2 aromatic rings. The van der Waals surface area contributed by atoms with Crippen LogP contribution >= 0.6 is 0 Å². The molecule has 0 aliphatic carbocycles. The number of nitrogen functional groups attached to an aromatic ring is 1. The van der Waals surface area contributed by atoms with E-state index in [9.17, 15) is 9.18 Å². The first-order valence-electron chi connectivity index (χ1n) is 7.70. The van der Waals surface area contributed by atoms with Crippen LogP contribution in [-0.2, 0) is 6.42 Å². The monoisotopic (exact) mass is 317 g/mol. The second-order valence-electron chi connectivity index (χ2n) is 5.73. The Labute approximate surface area is 133 Å². The average molecular weight is 317 g/mol. The molecule has 0 saturated carbocycles. The number of halogens is 1. The Kier molecular flexibility index (Phi) is 4.57. The summed E-state index contributed by atoms with van der Waals surface area (Å²) in [4.78, 5) is 20.3. The highest BCUT2D eigenvalue weighted by molar-refractivity contribution is 5.47. The van der Waals surface area contributed by atoms with E-state index in [0.717, 1.165) is 25.2 Å². The highest BCUT2D eigenvalue weighted by atomic mass is 19.1. The molecule has 7 heteroatoms. The number of rotatable bonds is 5. The number of aromatic nitrogens is 2. The fourth-order valence-electron chi connectivity index (χ4n) is 2.86. The maximum Gasteiger partial charge on any atom is 0.252 e. The molecule has 1 aromatic carbocycles. The van der Waals surface area contributed by atoms with E-state index in [4.69, 9.17) is 5.73 Å². The third-order valence-corrected chi connectivity index (χ3v) is 3.99. The summed E-state index contributed by atoms with van der Waals surface area (Å²) in [5.74, 6) is 0.620. The van der Waals surface area contributed by atoms with Crippen LogP contribution in [0.25, 0.3) is 0 Å². The molecule has 2 heterocycles. The lowest BCUT2D eigenvalue weighted by Crippen LogP contribution is -2.34. The molecule has 1 aromatic heterocycles. The SMILES string of the molecule is Nc1cc(=O)[nH]c(CCN[C@@H]2CCN(c3ccc(F)cc3)C2)n1. The molecule has 0 spiro atoms. The summed E-state index contributed by atoms with van der Waals surface area (Å²) >= 11 is 0. The van der Waals surface area contributed by atoms with Crippen molar-refractivity contribution in [3.05, 3.63) is 52.3 Å². The number of hydrogen-bond acceptors (Lipinski definition) is 5. The number of nitrogens with one attached hydrogen (secondary N) is 2. The van der Waals surface area contributed by atoms with Gasteiger partial charge in [0, 0.05) is 43.9 Å². The van der Waals surface area contributed by atoms with Gasteiger partial charge in [-0.15, -0.1) is 0 Å². The summed E-state index contributed by atoms with van der Waals surface area (Å²) in [5, 5.41) is 3.46. The molecule has 1 fully saturated rings. The minimum Gasteiger partial charge on any atom is -0.383 e. The van der Waals surface area contributed by atoms with Gasteiger partial charge in [0.25, 0.3) is 5.56 Å². The van der Waals surface area contributed by atoms with Crippen LogP contribution < -0.4 is 21.5 Å². The Balaban J connectivity index is 1.48. The van der Waals surface area contributed by atoms with Gasteiger partial charge in [-0.3, -0.25) is 4.79 Å². The van der Waals surface area contributed by atoms with E-state index in [1.165, 1.54) is 18.2 Å². The normalized spacial score (nSPS) is 17.6. The highest BCUT2D eigenvalue weighted by Crippen LogP contribution is 2.20. The van der Waals surface area contributed by atoms with Gasteiger partial charge in [0.15, 0.2) is 0 Å². The summed E-state index contributed by atoms with van der Waals surface area (Å²) in [6.07, 6.45) is 1.64. The molecule has 0 bridgehead atoms. The first-order chi connectivity index (χ1) is 11.1. The zero-order chi connectivity index (χ0) is 16.2. The van der Waals surface area contributed by atoms with Crippen LogP contribution in [0.3, 0.4) is 0 Å². The lowest BCUT2D eigenvalue weighted by Gasteiger charge is -2.19. The molecule has 6 nitrogen and oxygen atoms in total. The first kappa shape index (κ1) is 15.5. The van der Waals surface area contributed by atoms with Gasteiger partial charge >= 0.3 is 0 Å². The van der Waals surface area contributed by atoms with E-state index < -0.39 is 0 Å². The van der Waals surface area contributed by atoms with E-state index in [0.29, 0.717) is 24.8 Å². The quantitative estimate of drug-likeness (QED) is 0.763. The molecule has 122 valence electrons. The Morgan fingerprint density at radius 2 is 2.17 bits per heavy atom. The van der Waals surface area contributed by atoms with E-state index in [1.54, 1.807) is 12.1 Å². The fourth-order valence-corrected chi connectivity index (χ4v) is 2.86. The molecule has 1 atom stereocenters. The van der Waals surface area contributed by atoms with Crippen LogP contribution in [0.2, 0.25) is 0 Å². The summed E-state index contributed by atoms with van der Waals surface area (Å²) in [7, 11) is 0.